The summed E-state index contributed by atoms with van der Waals surface area (Å²) in [4.78, 5) is 247. The molecule has 0 aliphatic rings. The quantitative estimate of drug-likeness (QED) is 0.0255. The number of amides is 17. The molecule has 0 bridgehead atoms. The van der Waals surface area contributed by atoms with Crippen molar-refractivity contribution >= 4 is 111 Å². The van der Waals surface area contributed by atoms with Gasteiger partial charge in [0.05, 0.1) is 6.04 Å². The van der Waals surface area contributed by atoms with Gasteiger partial charge in [-0.2, -0.15) is 0 Å². The van der Waals surface area contributed by atoms with Crippen molar-refractivity contribution in [3.63, 3.8) is 0 Å². The first kappa shape index (κ1) is 123. The number of fused-ring (bicyclic) bond motifs is 1. The number of rotatable bonds is 71. The minimum Gasteiger partial charge on any atom is -0.368 e. The Hall–Kier alpha value is -12.1. The van der Waals surface area contributed by atoms with E-state index in [1.807, 2.05) is 39.8 Å². The predicted molar refractivity (Wildman–Crippen MR) is 548 cm³/mol. The van der Waals surface area contributed by atoms with Crippen LogP contribution in [0.2, 0.25) is 0 Å². The van der Waals surface area contributed by atoms with Crippen LogP contribution in [0.1, 0.15) is 241 Å². The number of aromatic amines is 1. The number of unbranched alkanes of at least 4 members (excludes halogenated alkanes) is 6. The number of hydrogen-bond acceptors (Lipinski definition) is 24. The Morgan fingerprint density at radius 2 is 0.469 bits per heavy atom. The molecule has 0 unspecified atom stereocenters. The summed E-state index contributed by atoms with van der Waals surface area (Å²) in [7, 11) is 0. The van der Waals surface area contributed by atoms with Crippen molar-refractivity contribution in [2.45, 2.75) is 346 Å². The fraction of sp³-hybridized carbons (Fsp3) is 0.634. The number of benzene rings is 3. The largest absolute Gasteiger partial charge is 0.368 e. The first-order chi connectivity index (χ1) is 68.0. The molecule has 4 rings (SSSR count). The summed E-state index contributed by atoms with van der Waals surface area (Å²) in [5.41, 5.74) is 49.2. The van der Waals surface area contributed by atoms with Crippen molar-refractivity contribution < 1.29 is 81.5 Å². The molecular formula is C101H167N25O17. The Kier molecular flexibility index (Phi) is 57.5. The Morgan fingerprint density at radius 3 is 0.790 bits per heavy atom. The molecule has 42 nitrogen and oxygen atoms in total. The topological polar surface area (TPSA) is 707 Å². The molecule has 0 spiro atoms. The summed E-state index contributed by atoms with van der Waals surface area (Å²) in [6.07, 6.45) is 7.63. The van der Waals surface area contributed by atoms with Crippen LogP contribution in [0.3, 0.4) is 0 Å². The normalized spacial score (nSPS) is 15.0. The zero-order valence-corrected chi connectivity index (χ0v) is 85.8. The van der Waals surface area contributed by atoms with Crippen LogP contribution in [0, 0.1) is 23.7 Å². The van der Waals surface area contributed by atoms with Crippen LogP contribution in [0.4, 0.5) is 0 Å². The third-order valence-corrected chi connectivity index (χ3v) is 24.2. The van der Waals surface area contributed by atoms with Crippen LogP contribution in [0.15, 0.2) is 91.1 Å². The summed E-state index contributed by atoms with van der Waals surface area (Å²) in [6.45, 7) is 21.8. The van der Waals surface area contributed by atoms with Gasteiger partial charge in [0.25, 0.3) is 0 Å². The minimum absolute atomic E-state index is 0.00333. The molecule has 1 heterocycles. The van der Waals surface area contributed by atoms with Gasteiger partial charge in [-0.25, -0.2) is 0 Å². The number of carbonyl (C=O) groups is 17. The van der Waals surface area contributed by atoms with E-state index in [0.29, 0.717) is 124 Å². The maximum atomic E-state index is 15.2. The van der Waals surface area contributed by atoms with E-state index in [4.69, 9.17) is 45.9 Å². The number of nitrogens with one attached hydrogen (secondary N) is 17. The summed E-state index contributed by atoms with van der Waals surface area (Å²) >= 11 is 0. The maximum absolute atomic E-state index is 15.2. The van der Waals surface area contributed by atoms with Crippen molar-refractivity contribution in [3.8, 4) is 0 Å². The van der Waals surface area contributed by atoms with E-state index < -0.39 is 203 Å². The van der Waals surface area contributed by atoms with Gasteiger partial charge in [0.2, 0.25) is 100 Å². The fourth-order valence-electron chi connectivity index (χ4n) is 16.0. The van der Waals surface area contributed by atoms with Crippen molar-refractivity contribution in [2.24, 2.45) is 69.5 Å². The molecule has 4 aromatic rings. The maximum Gasteiger partial charge on any atom is 0.243 e. The molecule has 0 saturated heterocycles. The third kappa shape index (κ3) is 46.5. The zero-order chi connectivity index (χ0) is 106. The van der Waals surface area contributed by atoms with E-state index in [1.54, 1.807) is 107 Å². The first-order valence-electron chi connectivity index (χ1n) is 50.7. The van der Waals surface area contributed by atoms with Crippen LogP contribution in [0.5, 0.6) is 0 Å². The molecule has 1 aromatic heterocycles. The highest BCUT2D eigenvalue weighted by molar-refractivity contribution is 6.02. The molecule has 17 atom stereocenters. The standard InChI is InChI=1S/C101H167N25O17/c1-59(2)51-78(85(109)127)120-88(130)66(12)113-92(134)74(41-23-29-47-104)118-100(142)83(56-68-35-17-14-18-36-68)125-98(140)80(53-61(5)6)122-94(136)75(42-24-30-48-105)115-87(129)65(11)114-96(138)84(57-69-58-110-72-39-20-19-37-70(69)72)126-99(141)81(54-62(7)8)123-95(137)77(44-26-32-50-107)119-97(139)79(52-60(3)4)124-101(143)82(55-67-33-15-13-16-34-67)121-89(131)64(10)111-86(128)63(9)112-91(133)73(40-22-28-46-103)117-93(135)76(43-25-31-49-106)116-90(132)71(108)38-21-27-45-102/h13-20,33-37,39,58-66,71,73-84,110H,21-32,38,40-57,102-108H2,1-12H3,(H2,109,127)(H,111,128)(H,112,133)(H,113,134)(H,114,138)(H,115,129)(H,116,132)(H,117,135)(H,118,142)(H,119,139)(H,120,130)(H,121,131)(H,122,136)(H,123,137)(H,124,143)(H,125,140)(H,126,141)/t63-,64-,65-,66-,71-,73-,74-,75-,76-,77-,78-,79-,80-,81-,82-,83-,84-/m0/s1. The lowest BCUT2D eigenvalue weighted by atomic mass is 9.99. The lowest BCUT2D eigenvalue weighted by molar-refractivity contribution is -0.136. The summed E-state index contributed by atoms with van der Waals surface area (Å²) in [5.74, 6) is -14.0. The van der Waals surface area contributed by atoms with Crippen LogP contribution >= 0.6 is 0 Å². The van der Waals surface area contributed by atoms with Gasteiger partial charge in [0, 0.05) is 36.4 Å². The second-order valence-corrected chi connectivity index (χ2v) is 38.8. The monoisotopic (exact) mass is 2000 g/mol. The van der Waals surface area contributed by atoms with Gasteiger partial charge in [-0.1, -0.05) is 141 Å². The van der Waals surface area contributed by atoms with Gasteiger partial charge >= 0.3 is 0 Å². The lowest BCUT2D eigenvalue weighted by Crippen LogP contribution is -2.61. The van der Waals surface area contributed by atoms with Gasteiger partial charge in [-0.3, -0.25) is 81.5 Å². The molecule has 0 aliphatic heterocycles. The van der Waals surface area contributed by atoms with E-state index in [1.165, 1.54) is 27.7 Å². The second kappa shape index (κ2) is 66.7. The number of carbonyl (C=O) groups excluding carboxylic acids is 17. The number of primary amides is 1. The van der Waals surface area contributed by atoms with Crippen LogP contribution in [0.25, 0.3) is 10.9 Å². The lowest BCUT2D eigenvalue weighted by Gasteiger charge is -2.29. The molecule has 42 heteroatoms. The average molecular weight is 2000 g/mol. The summed E-state index contributed by atoms with van der Waals surface area (Å²) in [5, 5.41) is 44.5. The van der Waals surface area contributed by atoms with Gasteiger partial charge in [-0.05, 0) is 248 Å². The second-order valence-electron chi connectivity index (χ2n) is 38.8. The van der Waals surface area contributed by atoms with E-state index in [2.05, 4.69) is 90.1 Å². The minimum atomic E-state index is -1.47. The predicted octanol–water partition coefficient (Wildman–Crippen LogP) is -0.197. The van der Waals surface area contributed by atoms with Crippen LogP contribution in [-0.4, -0.2) is 247 Å². The van der Waals surface area contributed by atoms with Crippen molar-refractivity contribution in [1.82, 2.24) is 90.1 Å². The molecule has 17 amide bonds. The number of nitrogens with two attached hydrogens (primary N) is 8. The fourth-order valence-corrected chi connectivity index (χ4v) is 16.0. The highest BCUT2D eigenvalue weighted by Gasteiger charge is 2.40. The molecular weight excluding hydrogens is 1840 g/mol. The molecule has 3 aromatic carbocycles. The molecule has 0 aliphatic carbocycles. The number of hydrogen-bond donors (Lipinski definition) is 25. The Balaban J connectivity index is 1.61. The van der Waals surface area contributed by atoms with E-state index in [0.717, 1.165) is 0 Å². The molecule has 143 heavy (non-hydrogen) atoms. The molecule has 0 saturated carbocycles. The average Bonchev–Trinajstić information content (AvgIpc) is 1.71. The number of para-hydroxylation sites is 1. The summed E-state index contributed by atoms with van der Waals surface area (Å²) < 4.78 is 0. The van der Waals surface area contributed by atoms with Crippen LogP contribution < -0.4 is 131 Å². The van der Waals surface area contributed by atoms with Gasteiger partial charge in [-0.15, -0.1) is 0 Å². The Bertz CT molecular complexity index is 4660. The highest BCUT2D eigenvalue weighted by atomic mass is 16.2. The molecule has 33 N–H and O–H groups in total. The van der Waals surface area contributed by atoms with Gasteiger partial charge in [0.1, 0.15) is 96.7 Å². The van der Waals surface area contributed by atoms with E-state index in [9.17, 15) is 67.1 Å². The SMILES string of the molecule is CC(C)C[C@H](NC(=O)[C@H](C)NC(=O)[C@H](CCCCN)NC(=O)[C@H](Cc1ccccc1)NC(=O)[C@H](CC(C)C)NC(=O)[C@H](CCCCN)NC(=O)[C@H](C)NC(=O)[C@H](Cc1c[nH]c2ccccc12)NC(=O)[C@H](CC(C)C)NC(=O)[C@H](CCCCN)NC(=O)[C@H](CC(C)C)NC(=O)[C@H](Cc1ccccc1)NC(=O)[C@H](C)NC(=O)[C@H](C)NC(=O)[C@H](CCCCN)NC(=O)[C@H](CCCCN)NC(=O)[C@@H](N)CCCCN)C(N)=O. The molecule has 0 fully saturated rings. The molecule has 0 radical (unpaired) electrons. The number of aromatic nitrogens is 1. The summed E-state index contributed by atoms with van der Waals surface area (Å²) in [6, 6.07) is 2.79. The highest BCUT2D eigenvalue weighted by Crippen LogP contribution is 2.22. The first-order valence-corrected chi connectivity index (χ1v) is 50.7. The van der Waals surface area contributed by atoms with Crippen molar-refractivity contribution in [2.75, 3.05) is 39.3 Å². The molecule has 798 valence electrons. The van der Waals surface area contributed by atoms with Gasteiger partial charge < -0.3 is 136 Å². The smallest absolute Gasteiger partial charge is 0.243 e. The van der Waals surface area contributed by atoms with Crippen molar-refractivity contribution in [3.05, 3.63) is 108 Å². The number of H-pyrrole nitrogens is 1. The zero-order valence-electron chi connectivity index (χ0n) is 85.8. The third-order valence-electron chi connectivity index (χ3n) is 24.2. The Morgan fingerprint density at radius 1 is 0.245 bits per heavy atom. The van der Waals surface area contributed by atoms with Crippen molar-refractivity contribution in [1.29, 1.82) is 0 Å². The van der Waals surface area contributed by atoms with E-state index >= 15 is 14.4 Å². The van der Waals surface area contributed by atoms with Gasteiger partial charge in [0.15, 0.2) is 0 Å². The van der Waals surface area contributed by atoms with Crippen LogP contribution in [-0.2, 0) is 101 Å². The van der Waals surface area contributed by atoms with E-state index in [-0.39, 0.29) is 127 Å². The Labute approximate surface area is 841 Å².